The maximum absolute atomic E-state index is 8.12. The Hall–Kier alpha value is -0.550. The van der Waals surface area contributed by atoms with Crippen molar-refractivity contribution in [3.8, 4) is 6.07 Å². The van der Waals surface area contributed by atoms with E-state index in [2.05, 4.69) is 5.32 Å². The number of rotatable bonds is 2. The molecule has 0 aromatic rings. The van der Waals surface area contributed by atoms with Gasteiger partial charge in [0.15, 0.2) is 0 Å². The second kappa shape index (κ2) is 3.63. The van der Waals surface area contributed by atoms with E-state index in [1.54, 1.807) is 6.92 Å². The molecule has 0 bridgehead atoms. The molecule has 0 aliphatic carbocycles. The van der Waals surface area contributed by atoms with Crippen molar-refractivity contribution in [2.45, 2.75) is 19.9 Å². The summed E-state index contributed by atoms with van der Waals surface area (Å²) in [6.45, 7) is 4.45. The lowest BCUT2D eigenvalue weighted by Gasteiger charge is -1.94. The summed E-state index contributed by atoms with van der Waals surface area (Å²) in [5.74, 6) is 0. The van der Waals surface area contributed by atoms with E-state index in [1.165, 1.54) is 0 Å². The molecular weight excluding hydrogens is 88.1 g/mol. The van der Waals surface area contributed by atoms with Crippen molar-refractivity contribution in [3.05, 3.63) is 0 Å². The van der Waals surface area contributed by atoms with E-state index in [0.717, 1.165) is 6.54 Å². The first-order valence-corrected chi connectivity index (χ1v) is 2.37. The summed E-state index contributed by atoms with van der Waals surface area (Å²) in [4.78, 5) is 0. The van der Waals surface area contributed by atoms with Gasteiger partial charge in [-0.1, -0.05) is 6.92 Å². The van der Waals surface area contributed by atoms with Crippen LogP contribution in [0, 0.1) is 11.3 Å². The minimum Gasteiger partial charge on any atom is -0.224 e. The highest BCUT2D eigenvalue weighted by Crippen LogP contribution is 1.75. The molecule has 0 aliphatic heterocycles. The second-order valence-corrected chi connectivity index (χ2v) is 1.30. The Labute approximate surface area is 44.1 Å². The zero-order valence-electron chi connectivity index (χ0n) is 4.68. The van der Waals surface area contributed by atoms with E-state index >= 15 is 0 Å². The molecule has 0 saturated carbocycles. The highest BCUT2D eigenvalue weighted by Gasteiger charge is 1.92. The van der Waals surface area contributed by atoms with Crippen LogP contribution in [0.4, 0.5) is 0 Å². The topological polar surface area (TPSA) is 37.9 Å². The number of hydrogen-bond acceptors (Lipinski definition) is 1. The maximum atomic E-state index is 8.12. The van der Waals surface area contributed by atoms with Gasteiger partial charge in [-0.25, -0.2) is 5.32 Å². The first-order chi connectivity index (χ1) is 3.31. The van der Waals surface area contributed by atoms with Crippen LogP contribution in [0.25, 0.3) is 0 Å². The van der Waals surface area contributed by atoms with Gasteiger partial charge in [-0.3, -0.25) is 0 Å². The highest BCUT2D eigenvalue weighted by atomic mass is 14.9. The summed E-state index contributed by atoms with van der Waals surface area (Å²) in [6, 6.07) is 1.88. The zero-order valence-corrected chi connectivity index (χ0v) is 4.68. The van der Waals surface area contributed by atoms with Gasteiger partial charge in [0.25, 0.3) is 0 Å². The van der Waals surface area contributed by atoms with Gasteiger partial charge in [-0.15, -0.1) is 0 Å². The molecule has 0 aromatic carbocycles. The van der Waals surface area contributed by atoms with Gasteiger partial charge in [0, 0.05) is 6.54 Å². The average Bonchev–Trinajstić information content (AvgIpc) is 1.68. The van der Waals surface area contributed by atoms with Crippen LogP contribution in [0.1, 0.15) is 13.8 Å². The molecule has 7 heavy (non-hydrogen) atoms. The number of nitriles is 1. The molecule has 0 heterocycles. The van der Waals surface area contributed by atoms with Gasteiger partial charge >= 0.3 is 0 Å². The third-order valence-corrected chi connectivity index (χ3v) is 0.643. The summed E-state index contributed by atoms with van der Waals surface area (Å²) in [6.07, 6.45) is 0. The Morgan fingerprint density at radius 3 is 2.57 bits per heavy atom. The summed E-state index contributed by atoms with van der Waals surface area (Å²) in [5.41, 5.74) is 0. The summed E-state index contributed by atoms with van der Waals surface area (Å²) < 4.78 is 0. The third kappa shape index (κ3) is 3.28. The first-order valence-electron chi connectivity index (χ1n) is 2.37. The van der Waals surface area contributed by atoms with Gasteiger partial charge < -0.3 is 0 Å². The molecule has 1 unspecified atom stereocenters. The van der Waals surface area contributed by atoms with Crippen molar-refractivity contribution >= 4 is 0 Å². The van der Waals surface area contributed by atoms with Crippen molar-refractivity contribution in [1.29, 1.82) is 5.26 Å². The molecule has 2 heteroatoms. The normalized spacial score (nSPS) is 12.7. The molecule has 0 aromatic heterocycles. The molecule has 0 saturated heterocycles. The molecule has 0 amide bonds. The molecule has 0 fully saturated rings. The van der Waals surface area contributed by atoms with Crippen LogP contribution < -0.4 is 5.32 Å². The quantitative estimate of drug-likeness (QED) is 0.495. The third-order valence-electron chi connectivity index (χ3n) is 0.643. The number of nitrogens with zero attached hydrogens (tertiary/aromatic N) is 2. The SMILES string of the molecule is CC[N]C(C)C#N. The Balaban J connectivity index is 3.04. The van der Waals surface area contributed by atoms with Crippen LogP contribution in [-0.2, 0) is 0 Å². The fraction of sp³-hybridized carbons (Fsp3) is 0.800. The van der Waals surface area contributed by atoms with Gasteiger partial charge in [-0.2, -0.15) is 5.26 Å². The fourth-order valence-electron chi connectivity index (χ4n) is 0.315. The van der Waals surface area contributed by atoms with Crippen molar-refractivity contribution in [1.82, 2.24) is 5.32 Å². The monoisotopic (exact) mass is 97.1 g/mol. The van der Waals surface area contributed by atoms with Gasteiger partial charge in [0.1, 0.15) is 6.04 Å². The minimum absolute atomic E-state index is 0.120. The van der Waals surface area contributed by atoms with E-state index in [-0.39, 0.29) is 6.04 Å². The van der Waals surface area contributed by atoms with Crippen molar-refractivity contribution in [2.24, 2.45) is 0 Å². The van der Waals surface area contributed by atoms with Crippen LogP contribution in [0.5, 0.6) is 0 Å². The van der Waals surface area contributed by atoms with Crippen LogP contribution in [-0.4, -0.2) is 12.6 Å². The smallest absolute Gasteiger partial charge is 0.108 e. The fourth-order valence-corrected chi connectivity index (χ4v) is 0.315. The molecular formula is C5H9N2. The largest absolute Gasteiger partial charge is 0.224 e. The van der Waals surface area contributed by atoms with E-state index < -0.39 is 0 Å². The van der Waals surface area contributed by atoms with Crippen LogP contribution in [0.3, 0.4) is 0 Å². The molecule has 0 aliphatic rings. The summed E-state index contributed by atoms with van der Waals surface area (Å²) in [7, 11) is 0. The van der Waals surface area contributed by atoms with Crippen molar-refractivity contribution < 1.29 is 0 Å². The molecule has 1 atom stereocenters. The second-order valence-electron chi connectivity index (χ2n) is 1.30. The Morgan fingerprint density at radius 1 is 1.86 bits per heavy atom. The van der Waals surface area contributed by atoms with Gasteiger partial charge in [-0.05, 0) is 6.92 Å². The molecule has 1 radical (unpaired) electrons. The summed E-state index contributed by atoms with van der Waals surface area (Å²) in [5, 5.41) is 12.0. The molecule has 0 rings (SSSR count). The van der Waals surface area contributed by atoms with E-state index in [9.17, 15) is 0 Å². The molecule has 2 nitrogen and oxygen atoms in total. The Kier molecular flexibility index (Phi) is 3.35. The lowest BCUT2D eigenvalue weighted by atomic mass is 10.4. The van der Waals surface area contributed by atoms with E-state index in [1.807, 2.05) is 13.0 Å². The maximum Gasteiger partial charge on any atom is 0.108 e. The molecule has 39 valence electrons. The summed E-state index contributed by atoms with van der Waals surface area (Å²) >= 11 is 0. The van der Waals surface area contributed by atoms with Gasteiger partial charge in [0.05, 0.1) is 6.07 Å². The highest BCUT2D eigenvalue weighted by molar-refractivity contribution is 4.83. The molecule has 0 N–H and O–H groups in total. The Bertz CT molecular complexity index is 72.6. The first kappa shape index (κ1) is 6.45. The zero-order chi connectivity index (χ0) is 5.70. The average molecular weight is 97.1 g/mol. The van der Waals surface area contributed by atoms with Crippen LogP contribution in [0.2, 0.25) is 0 Å². The Morgan fingerprint density at radius 2 is 2.43 bits per heavy atom. The lowest BCUT2D eigenvalue weighted by Crippen LogP contribution is -2.14. The van der Waals surface area contributed by atoms with E-state index in [4.69, 9.17) is 5.26 Å². The van der Waals surface area contributed by atoms with Crippen molar-refractivity contribution in [2.75, 3.05) is 6.54 Å². The van der Waals surface area contributed by atoms with Crippen LogP contribution in [0.15, 0.2) is 0 Å². The molecule has 0 spiro atoms. The number of hydrogen-bond donors (Lipinski definition) is 0. The van der Waals surface area contributed by atoms with E-state index in [0.29, 0.717) is 0 Å². The lowest BCUT2D eigenvalue weighted by molar-refractivity contribution is 0.655. The standard InChI is InChI=1S/C5H9N2/c1-3-7-5(2)4-6/h5H,3H2,1-2H3. The van der Waals surface area contributed by atoms with Gasteiger partial charge in [0.2, 0.25) is 0 Å². The predicted octanol–water partition coefficient (Wildman–Crippen LogP) is 0.523. The van der Waals surface area contributed by atoms with Crippen LogP contribution >= 0.6 is 0 Å². The van der Waals surface area contributed by atoms with Crippen molar-refractivity contribution in [3.63, 3.8) is 0 Å². The predicted molar refractivity (Wildman–Crippen MR) is 27.7 cm³/mol. The minimum atomic E-state index is -0.120.